The Kier molecular flexibility index (Phi) is 3.13. The lowest BCUT2D eigenvalue weighted by molar-refractivity contribution is 0.415. The molecule has 0 aliphatic carbocycles. The van der Waals surface area contributed by atoms with Gasteiger partial charge < -0.3 is 15.8 Å². The molecule has 0 unspecified atom stereocenters. The van der Waals surface area contributed by atoms with Crippen LogP contribution >= 0.6 is 0 Å². The van der Waals surface area contributed by atoms with E-state index in [2.05, 4.69) is 10.3 Å². The van der Waals surface area contributed by atoms with Crippen molar-refractivity contribution in [3.05, 3.63) is 54.9 Å². The second-order valence-corrected chi connectivity index (χ2v) is 4.48. The molecule has 100 valence electrons. The molecule has 20 heavy (non-hydrogen) atoms. The number of hydrogen-bond donors (Lipinski definition) is 2. The molecule has 1 heterocycles. The lowest BCUT2D eigenvalue weighted by Crippen LogP contribution is -1.97. The van der Waals surface area contributed by atoms with Crippen LogP contribution in [0.4, 0.5) is 17.1 Å². The molecule has 0 bridgehead atoms. The molecule has 0 amide bonds. The molecule has 0 radical (unpaired) electrons. The van der Waals surface area contributed by atoms with Crippen LogP contribution in [-0.2, 0) is 0 Å². The zero-order valence-corrected chi connectivity index (χ0v) is 11.1. The SMILES string of the molecule is COc1ccc(N)c(Nc2cccc3cnccc23)c1. The summed E-state index contributed by atoms with van der Waals surface area (Å²) in [6, 6.07) is 13.6. The maximum atomic E-state index is 6.01. The van der Waals surface area contributed by atoms with Crippen LogP contribution in [0.1, 0.15) is 0 Å². The van der Waals surface area contributed by atoms with E-state index >= 15 is 0 Å². The van der Waals surface area contributed by atoms with E-state index in [9.17, 15) is 0 Å². The number of anilines is 3. The van der Waals surface area contributed by atoms with Crippen molar-refractivity contribution in [3.63, 3.8) is 0 Å². The van der Waals surface area contributed by atoms with Crippen LogP contribution in [0.15, 0.2) is 54.9 Å². The first-order valence-electron chi connectivity index (χ1n) is 6.31. The van der Waals surface area contributed by atoms with E-state index in [4.69, 9.17) is 10.5 Å². The summed E-state index contributed by atoms with van der Waals surface area (Å²) in [6.07, 6.45) is 3.62. The number of rotatable bonds is 3. The molecule has 0 aliphatic heterocycles. The van der Waals surface area contributed by atoms with Crippen LogP contribution in [0.2, 0.25) is 0 Å². The minimum Gasteiger partial charge on any atom is -0.497 e. The highest BCUT2D eigenvalue weighted by atomic mass is 16.5. The van der Waals surface area contributed by atoms with Gasteiger partial charge in [-0.2, -0.15) is 0 Å². The third-order valence-corrected chi connectivity index (χ3v) is 3.21. The molecule has 3 N–H and O–H groups in total. The van der Waals surface area contributed by atoms with E-state index in [1.807, 2.05) is 48.7 Å². The third kappa shape index (κ3) is 2.23. The summed E-state index contributed by atoms with van der Waals surface area (Å²) in [6.45, 7) is 0. The number of fused-ring (bicyclic) bond motifs is 1. The van der Waals surface area contributed by atoms with Crippen LogP contribution in [-0.4, -0.2) is 12.1 Å². The number of nitrogens with one attached hydrogen (secondary N) is 1. The summed E-state index contributed by atoms with van der Waals surface area (Å²) in [5, 5.41) is 5.54. The number of aromatic nitrogens is 1. The van der Waals surface area contributed by atoms with Gasteiger partial charge in [0.2, 0.25) is 0 Å². The number of nitrogen functional groups attached to an aromatic ring is 1. The molecule has 3 aromatic rings. The van der Waals surface area contributed by atoms with Gasteiger partial charge in [0.05, 0.1) is 18.5 Å². The average molecular weight is 265 g/mol. The van der Waals surface area contributed by atoms with Gasteiger partial charge in [0.1, 0.15) is 5.75 Å². The highest BCUT2D eigenvalue weighted by Gasteiger charge is 2.05. The van der Waals surface area contributed by atoms with Gasteiger partial charge in [-0.25, -0.2) is 0 Å². The van der Waals surface area contributed by atoms with Crippen LogP contribution in [0.5, 0.6) is 5.75 Å². The second kappa shape index (κ2) is 5.09. The molecule has 3 rings (SSSR count). The zero-order chi connectivity index (χ0) is 13.9. The topological polar surface area (TPSA) is 60.2 Å². The normalized spacial score (nSPS) is 10.4. The van der Waals surface area contributed by atoms with Gasteiger partial charge >= 0.3 is 0 Å². The van der Waals surface area contributed by atoms with Gasteiger partial charge in [-0.05, 0) is 24.3 Å². The molecule has 0 aliphatic rings. The number of ether oxygens (including phenoxy) is 1. The van der Waals surface area contributed by atoms with E-state index in [0.29, 0.717) is 5.69 Å². The molecule has 0 saturated heterocycles. The van der Waals surface area contributed by atoms with E-state index in [1.54, 1.807) is 13.3 Å². The van der Waals surface area contributed by atoms with Crippen LogP contribution in [0.25, 0.3) is 10.8 Å². The molecule has 4 heteroatoms. The summed E-state index contributed by atoms with van der Waals surface area (Å²) in [5.41, 5.74) is 8.50. The van der Waals surface area contributed by atoms with Gasteiger partial charge in [0.25, 0.3) is 0 Å². The van der Waals surface area contributed by atoms with Crippen LogP contribution < -0.4 is 15.8 Å². The lowest BCUT2D eigenvalue weighted by atomic mass is 10.1. The molecule has 0 spiro atoms. The third-order valence-electron chi connectivity index (χ3n) is 3.21. The lowest BCUT2D eigenvalue weighted by Gasteiger charge is -2.13. The molecule has 2 aromatic carbocycles. The van der Waals surface area contributed by atoms with Gasteiger partial charge in [-0.15, -0.1) is 0 Å². The molecule has 0 saturated carbocycles. The fourth-order valence-electron chi connectivity index (χ4n) is 2.15. The van der Waals surface area contributed by atoms with Gasteiger partial charge in [-0.1, -0.05) is 12.1 Å². The average Bonchev–Trinajstić information content (AvgIpc) is 2.50. The quantitative estimate of drug-likeness (QED) is 0.711. The van der Waals surface area contributed by atoms with E-state index < -0.39 is 0 Å². The van der Waals surface area contributed by atoms with Crippen LogP contribution in [0, 0.1) is 0 Å². The summed E-state index contributed by atoms with van der Waals surface area (Å²) in [4.78, 5) is 4.13. The Hall–Kier alpha value is -2.75. The van der Waals surface area contributed by atoms with Crippen molar-refractivity contribution in [2.75, 3.05) is 18.2 Å². The number of hydrogen-bond acceptors (Lipinski definition) is 4. The van der Waals surface area contributed by atoms with Crippen molar-refractivity contribution < 1.29 is 4.74 Å². The summed E-state index contributed by atoms with van der Waals surface area (Å²) >= 11 is 0. The Bertz CT molecular complexity index is 750. The Morgan fingerprint density at radius 2 is 2.00 bits per heavy atom. The molecule has 4 nitrogen and oxygen atoms in total. The number of methoxy groups -OCH3 is 1. The number of nitrogens with zero attached hydrogens (tertiary/aromatic N) is 1. The fraction of sp³-hybridized carbons (Fsp3) is 0.0625. The van der Waals surface area contributed by atoms with Crippen molar-refractivity contribution in [2.45, 2.75) is 0 Å². The Morgan fingerprint density at radius 1 is 1.10 bits per heavy atom. The first kappa shape index (κ1) is 12.3. The van der Waals surface area contributed by atoms with E-state index in [0.717, 1.165) is 27.9 Å². The molecule has 0 atom stereocenters. The summed E-state index contributed by atoms with van der Waals surface area (Å²) in [5.74, 6) is 0.767. The number of benzene rings is 2. The van der Waals surface area contributed by atoms with Gasteiger partial charge in [0, 0.05) is 34.9 Å². The summed E-state index contributed by atoms with van der Waals surface area (Å²) < 4.78 is 5.23. The van der Waals surface area contributed by atoms with Gasteiger partial charge in [-0.3, -0.25) is 4.98 Å². The molecule has 1 aromatic heterocycles. The van der Waals surface area contributed by atoms with Gasteiger partial charge in [0.15, 0.2) is 0 Å². The predicted octanol–water partition coefficient (Wildman–Crippen LogP) is 3.57. The Balaban J connectivity index is 2.05. The largest absolute Gasteiger partial charge is 0.497 e. The number of nitrogens with two attached hydrogens (primary N) is 1. The number of pyridine rings is 1. The minimum atomic E-state index is 0.678. The maximum Gasteiger partial charge on any atom is 0.121 e. The first-order chi connectivity index (χ1) is 9.78. The maximum absolute atomic E-state index is 6.01. The minimum absolute atomic E-state index is 0.678. The predicted molar refractivity (Wildman–Crippen MR) is 82.4 cm³/mol. The molecule has 0 fully saturated rings. The zero-order valence-electron chi connectivity index (χ0n) is 11.1. The second-order valence-electron chi connectivity index (χ2n) is 4.48. The Labute approximate surface area is 117 Å². The highest BCUT2D eigenvalue weighted by molar-refractivity contribution is 5.95. The summed E-state index contributed by atoms with van der Waals surface area (Å²) in [7, 11) is 1.64. The van der Waals surface area contributed by atoms with E-state index in [-0.39, 0.29) is 0 Å². The van der Waals surface area contributed by atoms with Crippen LogP contribution in [0.3, 0.4) is 0 Å². The fourth-order valence-corrected chi connectivity index (χ4v) is 2.15. The monoisotopic (exact) mass is 265 g/mol. The molecular formula is C16H15N3O. The van der Waals surface area contributed by atoms with Crippen molar-refractivity contribution in [2.24, 2.45) is 0 Å². The van der Waals surface area contributed by atoms with E-state index in [1.165, 1.54) is 0 Å². The van der Waals surface area contributed by atoms with Crippen molar-refractivity contribution in [3.8, 4) is 5.75 Å². The van der Waals surface area contributed by atoms with Crippen molar-refractivity contribution in [1.29, 1.82) is 0 Å². The Morgan fingerprint density at radius 3 is 2.85 bits per heavy atom. The molecular weight excluding hydrogens is 250 g/mol. The first-order valence-corrected chi connectivity index (χ1v) is 6.31. The van der Waals surface area contributed by atoms with Crippen molar-refractivity contribution in [1.82, 2.24) is 4.98 Å². The van der Waals surface area contributed by atoms with Crippen molar-refractivity contribution >= 4 is 27.8 Å². The highest BCUT2D eigenvalue weighted by Crippen LogP contribution is 2.30. The smallest absolute Gasteiger partial charge is 0.121 e. The standard InChI is InChI=1S/C16H15N3O/c1-20-12-5-6-14(17)16(9-12)19-15-4-2-3-11-10-18-8-7-13(11)15/h2-10,19H,17H2,1H3.